The minimum Gasteiger partial charge on any atom is -0.480 e. The Morgan fingerprint density at radius 3 is 2.38 bits per heavy atom. The lowest BCUT2D eigenvalue weighted by Crippen LogP contribution is -2.32. The van der Waals surface area contributed by atoms with E-state index < -0.39 is 18.6 Å². The van der Waals surface area contributed by atoms with E-state index in [9.17, 15) is 4.79 Å². The Balaban J connectivity index is 2.75. The zero-order valence-corrected chi connectivity index (χ0v) is 9.10. The molecule has 0 saturated heterocycles. The Morgan fingerprint density at radius 2 is 2.00 bits per heavy atom. The van der Waals surface area contributed by atoms with Gasteiger partial charge in [-0.1, -0.05) is 24.3 Å². The third-order valence-corrected chi connectivity index (χ3v) is 2.20. The predicted molar refractivity (Wildman–Crippen MR) is 63.3 cm³/mol. The van der Waals surface area contributed by atoms with Crippen molar-refractivity contribution in [3.8, 4) is 0 Å². The average Bonchev–Trinajstić information content (AvgIpc) is 2.26. The van der Waals surface area contributed by atoms with Crippen LogP contribution in [0, 0.1) is 0 Å². The van der Waals surface area contributed by atoms with E-state index in [2.05, 4.69) is 11.9 Å². The maximum Gasteiger partial charge on any atom is 0.328 e. The van der Waals surface area contributed by atoms with E-state index >= 15 is 0 Å². The number of carbonyl (C=O) groups is 1. The fraction of sp³-hybridized carbons (Fsp3) is 0.250. The fourth-order valence-corrected chi connectivity index (χ4v) is 1.24. The van der Waals surface area contributed by atoms with Crippen molar-refractivity contribution in [2.45, 2.75) is 13.0 Å². The summed E-state index contributed by atoms with van der Waals surface area (Å²) in [7, 11) is 0. The van der Waals surface area contributed by atoms with Crippen LogP contribution in [0.5, 0.6) is 0 Å². The van der Waals surface area contributed by atoms with Gasteiger partial charge in [0.05, 0.1) is 6.61 Å². The van der Waals surface area contributed by atoms with Gasteiger partial charge in [0.15, 0.2) is 0 Å². The van der Waals surface area contributed by atoms with Crippen LogP contribution in [0.4, 0.5) is 5.69 Å². The van der Waals surface area contributed by atoms with Gasteiger partial charge < -0.3 is 15.5 Å². The van der Waals surface area contributed by atoms with Crippen molar-refractivity contribution in [3.63, 3.8) is 0 Å². The lowest BCUT2D eigenvalue weighted by Gasteiger charge is -2.13. The standard InChI is InChI=1S/C12H15NO3/c1-8(2)9-3-5-10(6-4-9)13-11(7-14)12(15)16/h3-6,11,13-14H,1,7H2,2H3,(H,15,16)/t11-/m0/s1. The molecule has 4 heteroatoms. The number of aliphatic hydroxyl groups is 1. The Kier molecular flexibility index (Phi) is 4.08. The number of carboxylic acid groups (broad SMARTS) is 1. The van der Waals surface area contributed by atoms with Gasteiger partial charge >= 0.3 is 5.97 Å². The van der Waals surface area contributed by atoms with Gasteiger partial charge in [-0.05, 0) is 24.6 Å². The molecule has 1 rings (SSSR count). The molecule has 3 N–H and O–H groups in total. The van der Waals surface area contributed by atoms with Crippen LogP contribution in [0.15, 0.2) is 30.8 Å². The maximum absolute atomic E-state index is 10.7. The van der Waals surface area contributed by atoms with Gasteiger partial charge in [0.25, 0.3) is 0 Å². The molecule has 0 spiro atoms. The molecule has 1 atom stereocenters. The normalized spacial score (nSPS) is 11.9. The molecule has 4 nitrogen and oxygen atoms in total. The smallest absolute Gasteiger partial charge is 0.328 e. The highest BCUT2D eigenvalue weighted by atomic mass is 16.4. The number of benzene rings is 1. The zero-order valence-electron chi connectivity index (χ0n) is 9.10. The number of aliphatic carboxylic acids is 1. The van der Waals surface area contributed by atoms with E-state index in [4.69, 9.17) is 10.2 Å². The first-order valence-electron chi connectivity index (χ1n) is 4.90. The van der Waals surface area contributed by atoms with Crippen LogP contribution in [0.1, 0.15) is 12.5 Å². The van der Waals surface area contributed by atoms with E-state index in [1.54, 1.807) is 12.1 Å². The highest BCUT2D eigenvalue weighted by Crippen LogP contribution is 2.15. The van der Waals surface area contributed by atoms with Gasteiger partial charge in [-0.15, -0.1) is 0 Å². The van der Waals surface area contributed by atoms with Gasteiger partial charge in [-0.3, -0.25) is 0 Å². The van der Waals surface area contributed by atoms with Gasteiger partial charge in [0.1, 0.15) is 6.04 Å². The number of allylic oxidation sites excluding steroid dienone is 1. The summed E-state index contributed by atoms with van der Waals surface area (Å²) in [6, 6.07) is 6.24. The highest BCUT2D eigenvalue weighted by Gasteiger charge is 2.15. The summed E-state index contributed by atoms with van der Waals surface area (Å²) in [5.74, 6) is -1.08. The van der Waals surface area contributed by atoms with E-state index in [0.717, 1.165) is 11.1 Å². The first kappa shape index (κ1) is 12.3. The predicted octanol–water partition coefficient (Wildman–Crippen LogP) is 1.58. The molecule has 0 aliphatic carbocycles. The van der Waals surface area contributed by atoms with Crippen molar-refractivity contribution >= 4 is 17.2 Å². The van der Waals surface area contributed by atoms with Crippen molar-refractivity contribution < 1.29 is 15.0 Å². The summed E-state index contributed by atoms with van der Waals surface area (Å²) in [5.41, 5.74) is 2.61. The third-order valence-electron chi connectivity index (χ3n) is 2.20. The molecule has 0 saturated carbocycles. The minimum absolute atomic E-state index is 0.447. The molecule has 0 amide bonds. The fourth-order valence-electron chi connectivity index (χ4n) is 1.24. The molecular formula is C12H15NO3. The maximum atomic E-state index is 10.7. The topological polar surface area (TPSA) is 69.6 Å². The first-order chi connectivity index (χ1) is 7.54. The van der Waals surface area contributed by atoms with Gasteiger partial charge in [0.2, 0.25) is 0 Å². The van der Waals surface area contributed by atoms with Crippen LogP contribution in [0.3, 0.4) is 0 Å². The summed E-state index contributed by atoms with van der Waals surface area (Å²) in [6.07, 6.45) is 0. The second kappa shape index (κ2) is 5.32. The van der Waals surface area contributed by atoms with Crippen LogP contribution < -0.4 is 5.32 Å². The molecule has 0 fully saturated rings. The molecule has 0 aliphatic rings. The van der Waals surface area contributed by atoms with E-state index in [0.29, 0.717) is 5.69 Å². The van der Waals surface area contributed by atoms with E-state index in [-0.39, 0.29) is 0 Å². The zero-order chi connectivity index (χ0) is 12.1. The minimum atomic E-state index is -1.08. The van der Waals surface area contributed by atoms with Gasteiger partial charge in [0, 0.05) is 5.69 Å². The van der Waals surface area contributed by atoms with Crippen LogP contribution in [-0.4, -0.2) is 28.8 Å². The van der Waals surface area contributed by atoms with Crippen LogP contribution in [0.2, 0.25) is 0 Å². The molecule has 0 bridgehead atoms. The Morgan fingerprint density at radius 1 is 1.44 bits per heavy atom. The lowest BCUT2D eigenvalue weighted by molar-refractivity contribution is -0.138. The van der Waals surface area contributed by atoms with Crippen molar-refractivity contribution in [1.29, 1.82) is 0 Å². The number of aliphatic hydroxyl groups excluding tert-OH is 1. The summed E-state index contributed by atoms with van der Waals surface area (Å²) in [4.78, 5) is 10.7. The van der Waals surface area contributed by atoms with Gasteiger partial charge in [-0.2, -0.15) is 0 Å². The number of anilines is 1. The monoisotopic (exact) mass is 221 g/mol. The molecule has 0 heterocycles. The lowest BCUT2D eigenvalue weighted by atomic mass is 10.1. The van der Waals surface area contributed by atoms with Gasteiger partial charge in [-0.25, -0.2) is 4.79 Å². The number of nitrogens with one attached hydrogen (secondary N) is 1. The number of hydrogen-bond acceptors (Lipinski definition) is 3. The molecule has 1 aromatic rings. The SMILES string of the molecule is C=C(C)c1ccc(N[C@@H](CO)C(=O)O)cc1. The Labute approximate surface area is 94.2 Å². The van der Waals surface area contributed by atoms with Crippen LogP contribution >= 0.6 is 0 Å². The van der Waals surface area contributed by atoms with Crippen molar-refractivity contribution in [3.05, 3.63) is 36.4 Å². The van der Waals surface area contributed by atoms with Crippen LogP contribution in [-0.2, 0) is 4.79 Å². The molecule has 0 aliphatic heterocycles. The molecule has 86 valence electrons. The quantitative estimate of drug-likeness (QED) is 0.706. The second-order valence-corrected chi connectivity index (χ2v) is 3.58. The van der Waals surface area contributed by atoms with E-state index in [1.807, 2.05) is 19.1 Å². The Hall–Kier alpha value is -1.81. The Bertz CT molecular complexity index is 384. The largest absolute Gasteiger partial charge is 0.480 e. The van der Waals surface area contributed by atoms with E-state index in [1.165, 1.54) is 0 Å². The highest BCUT2D eigenvalue weighted by molar-refractivity contribution is 5.77. The molecule has 0 radical (unpaired) electrons. The van der Waals surface area contributed by atoms with Crippen LogP contribution in [0.25, 0.3) is 5.57 Å². The molecular weight excluding hydrogens is 206 g/mol. The molecule has 0 aromatic heterocycles. The average molecular weight is 221 g/mol. The third kappa shape index (κ3) is 3.10. The van der Waals surface area contributed by atoms with Crippen molar-refractivity contribution in [1.82, 2.24) is 0 Å². The summed E-state index contributed by atoms with van der Waals surface area (Å²) in [6.45, 7) is 5.26. The summed E-state index contributed by atoms with van der Waals surface area (Å²) < 4.78 is 0. The van der Waals surface area contributed by atoms with Crippen molar-refractivity contribution in [2.75, 3.05) is 11.9 Å². The van der Waals surface area contributed by atoms with Crippen molar-refractivity contribution in [2.24, 2.45) is 0 Å². The molecule has 0 unspecified atom stereocenters. The summed E-state index contributed by atoms with van der Waals surface area (Å²) >= 11 is 0. The first-order valence-corrected chi connectivity index (χ1v) is 4.90. The number of carboxylic acids is 1. The number of rotatable bonds is 5. The molecule has 1 aromatic carbocycles. The second-order valence-electron chi connectivity index (χ2n) is 3.58. The number of hydrogen-bond donors (Lipinski definition) is 3. The molecule has 16 heavy (non-hydrogen) atoms. The summed E-state index contributed by atoms with van der Waals surface area (Å²) in [5, 5.41) is 20.3.